The van der Waals surface area contributed by atoms with Gasteiger partial charge in [0.1, 0.15) is 5.82 Å². The molecule has 1 aliphatic rings. The van der Waals surface area contributed by atoms with Crippen LogP contribution in [0.1, 0.15) is 34.7 Å². The molecule has 1 aliphatic heterocycles. The summed E-state index contributed by atoms with van der Waals surface area (Å²) in [5.41, 5.74) is 4.11. The van der Waals surface area contributed by atoms with Crippen molar-refractivity contribution >= 4 is 29.8 Å². The molecule has 1 unspecified atom stereocenters. The third-order valence-electron chi connectivity index (χ3n) is 4.50. The van der Waals surface area contributed by atoms with E-state index in [0.717, 1.165) is 28.2 Å². The number of rotatable bonds is 3. The van der Waals surface area contributed by atoms with Crippen molar-refractivity contribution < 1.29 is 14.7 Å². The summed E-state index contributed by atoms with van der Waals surface area (Å²) in [6.45, 7) is 2.31. The summed E-state index contributed by atoms with van der Waals surface area (Å²) in [6.07, 6.45) is 3.97. The van der Waals surface area contributed by atoms with Gasteiger partial charge in [0.15, 0.2) is 0 Å². The van der Waals surface area contributed by atoms with Gasteiger partial charge in [-0.3, -0.25) is 14.6 Å². The zero-order valence-electron chi connectivity index (χ0n) is 15.2. The fourth-order valence-corrected chi connectivity index (χ4v) is 3.48. The van der Waals surface area contributed by atoms with Crippen molar-refractivity contribution in [2.24, 2.45) is 0 Å². The number of hydrogen-bond donors (Lipinski definition) is 2. The number of aromatic nitrogens is 3. The van der Waals surface area contributed by atoms with Gasteiger partial charge in [-0.2, -0.15) is 5.10 Å². The molecule has 3 aromatic rings. The molecule has 1 aromatic carbocycles. The number of nitrogens with one attached hydrogen (secondary N) is 1. The zero-order valence-corrected chi connectivity index (χ0v) is 15.9. The van der Waals surface area contributed by atoms with E-state index in [4.69, 9.17) is 21.5 Å². The summed E-state index contributed by atoms with van der Waals surface area (Å²) >= 11 is 5.95. The lowest BCUT2D eigenvalue weighted by Gasteiger charge is -2.24. The normalized spacial score (nSPS) is 15.1. The summed E-state index contributed by atoms with van der Waals surface area (Å²) in [7, 11) is 0. The van der Waals surface area contributed by atoms with E-state index in [1.807, 2.05) is 54.2 Å². The van der Waals surface area contributed by atoms with E-state index in [0.29, 0.717) is 18.0 Å². The monoisotopic (exact) mass is 398 g/mol. The minimum absolute atomic E-state index is 0.00129. The van der Waals surface area contributed by atoms with E-state index in [-0.39, 0.29) is 18.3 Å². The third-order valence-corrected chi connectivity index (χ3v) is 4.75. The van der Waals surface area contributed by atoms with Crippen LogP contribution in [0.3, 0.4) is 0 Å². The summed E-state index contributed by atoms with van der Waals surface area (Å²) in [4.78, 5) is 24.8. The van der Waals surface area contributed by atoms with Gasteiger partial charge in [0, 0.05) is 35.3 Å². The summed E-state index contributed by atoms with van der Waals surface area (Å²) in [5.74, 6) is 0.757. The van der Waals surface area contributed by atoms with E-state index in [2.05, 4.69) is 15.4 Å². The second kappa shape index (κ2) is 8.67. The number of anilines is 1. The molecule has 3 heterocycles. The third kappa shape index (κ3) is 4.20. The number of carbonyl (C=O) groups is 2. The fraction of sp³-hybridized carbons (Fsp3) is 0.200. The van der Waals surface area contributed by atoms with Gasteiger partial charge in [-0.05, 0) is 36.2 Å². The molecule has 0 saturated heterocycles. The lowest BCUT2D eigenvalue weighted by molar-refractivity contribution is -0.123. The highest BCUT2D eigenvalue weighted by atomic mass is 35.5. The predicted octanol–water partition coefficient (Wildman–Crippen LogP) is 3.46. The van der Waals surface area contributed by atoms with Gasteiger partial charge in [-0.25, -0.2) is 4.68 Å². The van der Waals surface area contributed by atoms with Crippen molar-refractivity contribution in [1.29, 1.82) is 0 Å². The number of fused-ring (bicyclic) bond motifs is 1. The lowest BCUT2D eigenvalue weighted by atomic mass is 9.86. The van der Waals surface area contributed by atoms with E-state index in [1.54, 1.807) is 6.20 Å². The van der Waals surface area contributed by atoms with Crippen LogP contribution in [0, 0.1) is 6.92 Å². The average molecular weight is 399 g/mol. The SMILES string of the molecule is Cc1nn(Cc2ccc(Cl)cc2)c2c1C(c1cccnc1)CC(=O)N2.O=CO. The number of nitrogens with zero attached hydrogens (tertiary/aromatic N) is 3. The van der Waals surface area contributed by atoms with Crippen LogP contribution in [0.25, 0.3) is 0 Å². The van der Waals surface area contributed by atoms with Gasteiger partial charge in [0.05, 0.1) is 12.2 Å². The van der Waals surface area contributed by atoms with Crippen LogP contribution < -0.4 is 5.32 Å². The minimum Gasteiger partial charge on any atom is -0.483 e. The summed E-state index contributed by atoms with van der Waals surface area (Å²) in [5, 5.41) is 15.3. The van der Waals surface area contributed by atoms with Crippen LogP contribution in [0.15, 0.2) is 48.8 Å². The molecule has 2 N–H and O–H groups in total. The number of pyridine rings is 1. The Morgan fingerprint density at radius 3 is 2.68 bits per heavy atom. The van der Waals surface area contributed by atoms with Crippen LogP contribution in [0.4, 0.5) is 5.82 Å². The average Bonchev–Trinajstić information content (AvgIpc) is 2.99. The Bertz CT molecular complexity index is 971. The molecule has 28 heavy (non-hydrogen) atoms. The predicted molar refractivity (Wildman–Crippen MR) is 106 cm³/mol. The number of aryl methyl sites for hydroxylation is 1. The van der Waals surface area contributed by atoms with E-state index >= 15 is 0 Å². The highest BCUT2D eigenvalue weighted by molar-refractivity contribution is 6.30. The van der Waals surface area contributed by atoms with E-state index in [9.17, 15) is 4.79 Å². The molecule has 1 amide bonds. The Balaban J connectivity index is 0.000000706. The number of carbonyl (C=O) groups excluding carboxylic acids is 1. The Morgan fingerprint density at radius 1 is 1.32 bits per heavy atom. The second-order valence-electron chi connectivity index (χ2n) is 6.33. The molecule has 4 rings (SSSR count). The van der Waals surface area contributed by atoms with Gasteiger partial charge in [0.2, 0.25) is 5.91 Å². The number of benzene rings is 1. The van der Waals surface area contributed by atoms with Crippen LogP contribution in [0.5, 0.6) is 0 Å². The molecule has 1 atom stereocenters. The Hall–Kier alpha value is -3.19. The van der Waals surface area contributed by atoms with E-state index in [1.165, 1.54) is 0 Å². The molecule has 144 valence electrons. The van der Waals surface area contributed by atoms with Crippen molar-refractivity contribution in [3.05, 3.63) is 76.2 Å². The standard InChI is InChI=1S/C19H17ClN4O.CH2O2/c1-12-18-16(14-3-2-8-21-10-14)9-17(25)22-19(18)24(23-12)11-13-4-6-15(20)7-5-13;2-1-3/h2-8,10,16H,9,11H2,1H3,(H,22,25);1H,(H,2,3). The number of hydrogen-bond acceptors (Lipinski definition) is 4. The first-order valence-electron chi connectivity index (χ1n) is 8.62. The van der Waals surface area contributed by atoms with Gasteiger partial charge < -0.3 is 10.4 Å². The molecule has 0 saturated carbocycles. The van der Waals surface area contributed by atoms with Gasteiger partial charge in [-0.1, -0.05) is 29.8 Å². The van der Waals surface area contributed by atoms with Crippen LogP contribution in [-0.4, -0.2) is 32.3 Å². The molecular formula is C20H19ClN4O3. The summed E-state index contributed by atoms with van der Waals surface area (Å²) < 4.78 is 1.86. The topological polar surface area (TPSA) is 97.1 Å². The van der Waals surface area contributed by atoms with Crippen LogP contribution in [0.2, 0.25) is 5.02 Å². The van der Waals surface area contributed by atoms with Crippen molar-refractivity contribution in [3.8, 4) is 0 Å². The Kier molecular flexibility index (Phi) is 6.06. The highest BCUT2D eigenvalue weighted by Crippen LogP contribution is 2.39. The van der Waals surface area contributed by atoms with Crippen molar-refractivity contribution in [1.82, 2.24) is 14.8 Å². The van der Waals surface area contributed by atoms with Gasteiger partial charge in [-0.15, -0.1) is 0 Å². The summed E-state index contributed by atoms with van der Waals surface area (Å²) in [6, 6.07) is 11.6. The quantitative estimate of drug-likeness (QED) is 0.658. The molecule has 0 bridgehead atoms. The molecule has 0 radical (unpaired) electrons. The van der Waals surface area contributed by atoms with Crippen molar-refractivity contribution in [2.45, 2.75) is 25.8 Å². The lowest BCUT2D eigenvalue weighted by Crippen LogP contribution is -2.25. The molecule has 8 heteroatoms. The van der Waals surface area contributed by atoms with Gasteiger partial charge in [0.25, 0.3) is 6.47 Å². The Labute approximate surface area is 167 Å². The number of carboxylic acid groups (broad SMARTS) is 1. The fourth-order valence-electron chi connectivity index (χ4n) is 3.36. The maximum absolute atomic E-state index is 12.3. The molecule has 7 nitrogen and oxygen atoms in total. The molecular weight excluding hydrogens is 380 g/mol. The molecule has 0 spiro atoms. The molecule has 0 aliphatic carbocycles. The van der Waals surface area contributed by atoms with Crippen LogP contribution in [-0.2, 0) is 16.1 Å². The highest BCUT2D eigenvalue weighted by Gasteiger charge is 2.32. The first kappa shape index (κ1) is 19.6. The van der Waals surface area contributed by atoms with Crippen molar-refractivity contribution in [3.63, 3.8) is 0 Å². The molecule has 0 fully saturated rings. The number of halogens is 1. The van der Waals surface area contributed by atoms with Gasteiger partial charge >= 0.3 is 0 Å². The van der Waals surface area contributed by atoms with E-state index < -0.39 is 0 Å². The molecule has 2 aromatic heterocycles. The maximum atomic E-state index is 12.3. The number of amides is 1. The van der Waals surface area contributed by atoms with Crippen molar-refractivity contribution in [2.75, 3.05) is 5.32 Å². The maximum Gasteiger partial charge on any atom is 0.290 e. The Morgan fingerprint density at radius 2 is 2.04 bits per heavy atom. The minimum atomic E-state index is -0.250. The first-order chi connectivity index (χ1) is 13.5. The first-order valence-corrected chi connectivity index (χ1v) is 9.00. The largest absolute Gasteiger partial charge is 0.483 e. The second-order valence-corrected chi connectivity index (χ2v) is 6.76. The smallest absolute Gasteiger partial charge is 0.290 e. The zero-order chi connectivity index (χ0) is 20.1. The van der Waals surface area contributed by atoms with Crippen LogP contribution >= 0.6 is 11.6 Å².